The Morgan fingerprint density at radius 3 is 2.72 bits per heavy atom. The Morgan fingerprint density at radius 1 is 1.33 bits per heavy atom. The van der Waals surface area contributed by atoms with Crippen molar-refractivity contribution in [3.63, 3.8) is 0 Å². The number of halogens is 1. The van der Waals surface area contributed by atoms with Gasteiger partial charge in [-0.25, -0.2) is 9.97 Å². The minimum absolute atomic E-state index is 0.132. The molecule has 18 heavy (non-hydrogen) atoms. The Labute approximate surface area is 112 Å². The van der Waals surface area contributed by atoms with Crippen molar-refractivity contribution in [3.05, 3.63) is 41.1 Å². The van der Waals surface area contributed by atoms with E-state index in [9.17, 15) is 4.79 Å². The molecule has 0 bridgehead atoms. The van der Waals surface area contributed by atoms with E-state index in [1.807, 2.05) is 0 Å². The van der Waals surface area contributed by atoms with Gasteiger partial charge in [0.05, 0.1) is 4.47 Å². The monoisotopic (exact) mass is 307 g/mol. The SMILES string of the molecule is CC(=O)Nc1cccc(Oc2ncc(Br)cn2)c1. The molecule has 0 saturated heterocycles. The Morgan fingerprint density at radius 2 is 2.06 bits per heavy atom. The molecule has 0 unspecified atom stereocenters. The highest BCUT2D eigenvalue weighted by atomic mass is 79.9. The van der Waals surface area contributed by atoms with E-state index < -0.39 is 0 Å². The van der Waals surface area contributed by atoms with Gasteiger partial charge in [0, 0.05) is 31.1 Å². The van der Waals surface area contributed by atoms with Crippen LogP contribution in [0.3, 0.4) is 0 Å². The Kier molecular flexibility index (Phi) is 3.88. The van der Waals surface area contributed by atoms with E-state index >= 15 is 0 Å². The van der Waals surface area contributed by atoms with E-state index in [1.54, 1.807) is 36.7 Å². The van der Waals surface area contributed by atoms with Crippen LogP contribution in [0.5, 0.6) is 11.8 Å². The molecule has 2 aromatic rings. The van der Waals surface area contributed by atoms with Crippen LogP contribution in [0.4, 0.5) is 5.69 Å². The number of nitrogens with zero attached hydrogens (tertiary/aromatic N) is 2. The van der Waals surface area contributed by atoms with Crippen molar-refractivity contribution in [2.75, 3.05) is 5.32 Å². The molecular formula is C12H10BrN3O2. The van der Waals surface area contributed by atoms with Gasteiger partial charge < -0.3 is 10.1 Å². The molecule has 5 nitrogen and oxygen atoms in total. The fourth-order valence-electron chi connectivity index (χ4n) is 1.30. The van der Waals surface area contributed by atoms with Crippen LogP contribution < -0.4 is 10.1 Å². The van der Waals surface area contributed by atoms with E-state index in [2.05, 4.69) is 31.2 Å². The molecule has 0 saturated carbocycles. The average Bonchev–Trinajstić information content (AvgIpc) is 2.32. The standard InChI is InChI=1S/C12H10BrN3O2/c1-8(17)16-10-3-2-4-11(5-10)18-12-14-6-9(13)7-15-12/h2-7H,1H3,(H,16,17). The van der Waals surface area contributed by atoms with Crippen LogP contribution in [0, 0.1) is 0 Å². The largest absolute Gasteiger partial charge is 0.424 e. The van der Waals surface area contributed by atoms with Crippen LogP contribution in [0.25, 0.3) is 0 Å². The Bertz CT molecular complexity index is 558. The van der Waals surface area contributed by atoms with Gasteiger partial charge in [-0.2, -0.15) is 0 Å². The summed E-state index contributed by atoms with van der Waals surface area (Å²) in [4.78, 5) is 18.9. The summed E-state index contributed by atoms with van der Waals surface area (Å²) in [7, 11) is 0. The zero-order valence-corrected chi connectivity index (χ0v) is 11.1. The number of carbonyl (C=O) groups excluding carboxylic acids is 1. The first kappa shape index (κ1) is 12.5. The highest BCUT2D eigenvalue weighted by Crippen LogP contribution is 2.21. The molecule has 2 rings (SSSR count). The number of nitrogens with one attached hydrogen (secondary N) is 1. The number of hydrogen-bond acceptors (Lipinski definition) is 4. The smallest absolute Gasteiger partial charge is 0.321 e. The van der Waals surface area contributed by atoms with Gasteiger partial charge >= 0.3 is 6.01 Å². The second-order valence-electron chi connectivity index (χ2n) is 3.49. The number of amides is 1. The molecule has 1 amide bonds. The van der Waals surface area contributed by atoms with E-state index in [4.69, 9.17) is 4.74 Å². The summed E-state index contributed by atoms with van der Waals surface area (Å²) >= 11 is 3.24. The third-order valence-corrected chi connectivity index (χ3v) is 2.37. The molecule has 0 aliphatic rings. The fourth-order valence-corrected chi connectivity index (χ4v) is 1.50. The molecule has 6 heteroatoms. The summed E-state index contributed by atoms with van der Waals surface area (Å²) in [6, 6.07) is 7.26. The number of aromatic nitrogens is 2. The van der Waals surface area contributed by atoms with Gasteiger partial charge in [-0.05, 0) is 28.1 Å². The van der Waals surface area contributed by atoms with Crippen LogP contribution in [0.15, 0.2) is 41.1 Å². The minimum Gasteiger partial charge on any atom is -0.424 e. The number of anilines is 1. The van der Waals surface area contributed by atoms with E-state index in [-0.39, 0.29) is 11.9 Å². The number of hydrogen-bond donors (Lipinski definition) is 1. The number of benzene rings is 1. The molecule has 1 heterocycles. The number of rotatable bonds is 3. The maximum absolute atomic E-state index is 10.9. The molecule has 1 aromatic heterocycles. The summed E-state index contributed by atoms with van der Waals surface area (Å²) in [6.45, 7) is 1.45. The highest BCUT2D eigenvalue weighted by Gasteiger charge is 2.02. The van der Waals surface area contributed by atoms with Crippen LogP contribution in [-0.2, 0) is 4.79 Å². The Hall–Kier alpha value is -1.95. The van der Waals surface area contributed by atoms with Gasteiger partial charge in [-0.3, -0.25) is 4.79 Å². The third kappa shape index (κ3) is 3.53. The molecule has 0 fully saturated rings. The average molecular weight is 308 g/mol. The third-order valence-electron chi connectivity index (χ3n) is 1.96. The van der Waals surface area contributed by atoms with Gasteiger partial charge in [0.1, 0.15) is 5.75 Å². The van der Waals surface area contributed by atoms with Crippen molar-refractivity contribution in [1.82, 2.24) is 9.97 Å². The predicted molar refractivity (Wildman–Crippen MR) is 70.6 cm³/mol. The van der Waals surface area contributed by atoms with Crippen molar-refractivity contribution >= 4 is 27.5 Å². The van der Waals surface area contributed by atoms with Crippen molar-refractivity contribution in [2.45, 2.75) is 6.92 Å². The molecule has 0 atom stereocenters. The lowest BCUT2D eigenvalue weighted by atomic mass is 10.3. The van der Waals surface area contributed by atoms with Gasteiger partial charge in [0.2, 0.25) is 5.91 Å². The summed E-state index contributed by atoms with van der Waals surface area (Å²) in [6.07, 6.45) is 3.19. The second-order valence-corrected chi connectivity index (χ2v) is 4.41. The first-order valence-corrected chi connectivity index (χ1v) is 5.96. The van der Waals surface area contributed by atoms with Crippen molar-refractivity contribution in [1.29, 1.82) is 0 Å². The Balaban J connectivity index is 2.13. The van der Waals surface area contributed by atoms with Crippen molar-refractivity contribution in [3.8, 4) is 11.8 Å². The van der Waals surface area contributed by atoms with Crippen molar-refractivity contribution < 1.29 is 9.53 Å². The van der Waals surface area contributed by atoms with E-state index in [1.165, 1.54) is 6.92 Å². The summed E-state index contributed by atoms with van der Waals surface area (Å²) < 4.78 is 6.24. The van der Waals surface area contributed by atoms with Gasteiger partial charge in [0.25, 0.3) is 0 Å². The summed E-state index contributed by atoms with van der Waals surface area (Å²) in [5.74, 6) is 0.426. The van der Waals surface area contributed by atoms with Crippen molar-refractivity contribution in [2.24, 2.45) is 0 Å². The molecule has 0 radical (unpaired) electrons. The van der Waals surface area contributed by atoms with Gasteiger partial charge in [-0.1, -0.05) is 6.07 Å². The zero-order chi connectivity index (χ0) is 13.0. The first-order valence-electron chi connectivity index (χ1n) is 5.16. The first-order chi connectivity index (χ1) is 8.63. The second kappa shape index (κ2) is 5.59. The van der Waals surface area contributed by atoms with Crippen LogP contribution >= 0.6 is 15.9 Å². The summed E-state index contributed by atoms with van der Waals surface area (Å²) in [5.41, 5.74) is 0.664. The van der Waals surface area contributed by atoms with Gasteiger partial charge in [0.15, 0.2) is 0 Å². The highest BCUT2D eigenvalue weighted by molar-refractivity contribution is 9.10. The molecule has 0 aliphatic carbocycles. The van der Waals surface area contributed by atoms with Crippen LogP contribution in [-0.4, -0.2) is 15.9 Å². The lowest BCUT2D eigenvalue weighted by molar-refractivity contribution is -0.114. The maximum atomic E-state index is 10.9. The van der Waals surface area contributed by atoms with Crippen LogP contribution in [0.2, 0.25) is 0 Å². The number of carbonyl (C=O) groups is 1. The molecule has 0 aliphatic heterocycles. The number of ether oxygens (including phenoxy) is 1. The molecule has 92 valence electrons. The predicted octanol–water partition coefficient (Wildman–Crippen LogP) is 2.99. The fraction of sp³-hybridized carbons (Fsp3) is 0.0833. The minimum atomic E-state index is -0.132. The zero-order valence-electron chi connectivity index (χ0n) is 9.55. The quantitative estimate of drug-likeness (QED) is 0.946. The van der Waals surface area contributed by atoms with E-state index in [0.29, 0.717) is 11.4 Å². The molecule has 1 N–H and O–H groups in total. The lowest BCUT2D eigenvalue weighted by Gasteiger charge is -2.06. The molecule has 1 aromatic carbocycles. The van der Waals surface area contributed by atoms with Gasteiger partial charge in [-0.15, -0.1) is 0 Å². The van der Waals surface area contributed by atoms with E-state index in [0.717, 1.165) is 4.47 Å². The lowest BCUT2D eigenvalue weighted by Crippen LogP contribution is -2.05. The van der Waals surface area contributed by atoms with Crippen LogP contribution in [0.1, 0.15) is 6.92 Å². The molecular weight excluding hydrogens is 298 g/mol. The summed E-state index contributed by atoms with van der Waals surface area (Å²) in [5, 5.41) is 2.67. The maximum Gasteiger partial charge on any atom is 0.321 e. The topological polar surface area (TPSA) is 64.1 Å². The normalized spacial score (nSPS) is 9.89. The molecule has 0 spiro atoms.